The first-order valence-electron chi connectivity index (χ1n) is 9.61. The van der Waals surface area contributed by atoms with Crippen LogP contribution in [-0.2, 0) is 4.74 Å². The molecule has 0 spiro atoms. The first-order valence-corrected chi connectivity index (χ1v) is 11.6. The Morgan fingerprint density at radius 2 is 1.62 bits per heavy atom. The van der Waals surface area contributed by atoms with Gasteiger partial charge in [0.05, 0.1) is 27.9 Å². The molecule has 1 aliphatic rings. The SMILES string of the molecule is OCC1O[C@H](Sc2cc(Cl)c(Cl)cc2Cl)[C@@H](O)C(n2cc(-c3cc(F)c(F)c(F)c3)nn2)[C@H]1O. The number of rotatable bonds is 5. The van der Waals surface area contributed by atoms with Gasteiger partial charge in [-0.3, -0.25) is 0 Å². The van der Waals surface area contributed by atoms with E-state index in [1.54, 1.807) is 0 Å². The highest BCUT2D eigenvalue weighted by Gasteiger charge is 2.46. The predicted octanol–water partition coefficient (Wildman–Crippen LogP) is 4.10. The lowest BCUT2D eigenvalue weighted by atomic mass is 9.97. The van der Waals surface area contributed by atoms with E-state index in [0.29, 0.717) is 4.90 Å². The third kappa shape index (κ3) is 4.89. The van der Waals surface area contributed by atoms with Gasteiger partial charge in [-0.05, 0) is 24.3 Å². The van der Waals surface area contributed by atoms with Crippen molar-refractivity contribution >= 4 is 46.6 Å². The minimum Gasteiger partial charge on any atom is -0.394 e. The van der Waals surface area contributed by atoms with Gasteiger partial charge >= 0.3 is 0 Å². The maximum atomic E-state index is 13.6. The van der Waals surface area contributed by atoms with Crippen molar-refractivity contribution in [2.24, 2.45) is 0 Å². The molecule has 2 heterocycles. The summed E-state index contributed by atoms with van der Waals surface area (Å²) in [6, 6.07) is 3.20. The van der Waals surface area contributed by atoms with Gasteiger partial charge in [0, 0.05) is 10.5 Å². The molecule has 34 heavy (non-hydrogen) atoms. The molecule has 0 amide bonds. The second-order valence-electron chi connectivity index (χ2n) is 7.35. The number of ether oxygens (including phenoxy) is 1. The Balaban J connectivity index is 1.65. The zero-order chi connectivity index (χ0) is 24.7. The summed E-state index contributed by atoms with van der Waals surface area (Å²) in [5.41, 5.74) is -1.19. The summed E-state index contributed by atoms with van der Waals surface area (Å²) in [4.78, 5) is 0.420. The second kappa shape index (κ2) is 10.2. The Hall–Kier alpha value is -1.57. The molecular formula is C20H15Cl3F3N3O4S. The van der Waals surface area contributed by atoms with Crippen LogP contribution in [0.15, 0.2) is 35.4 Å². The topological polar surface area (TPSA) is 101 Å². The number of hydrogen-bond donors (Lipinski definition) is 3. The average molecular weight is 557 g/mol. The van der Waals surface area contributed by atoms with E-state index in [1.807, 2.05) is 0 Å². The fourth-order valence-electron chi connectivity index (χ4n) is 3.46. The molecule has 3 aromatic rings. The zero-order valence-corrected chi connectivity index (χ0v) is 19.8. The molecule has 182 valence electrons. The van der Waals surface area contributed by atoms with Crippen LogP contribution in [0.2, 0.25) is 15.1 Å². The quantitative estimate of drug-likeness (QED) is 0.321. The average Bonchev–Trinajstić information content (AvgIpc) is 3.27. The number of aliphatic hydroxyl groups is 3. The minimum atomic E-state index is -1.63. The van der Waals surface area contributed by atoms with Crippen molar-refractivity contribution in [3.63, 3.8) is 0 Å². The van der Waals surface area contributed by atoms with Crippen LogP contribution < -0.4 is 0 Å². The highest BCUT2D eigenvalue weighted by Crippen LogP contribution is 2.42. The molecule has 0 radical (unpaired) electrons. The molecule has 0 bridgehead atoms. The maximum Gasteiger partial charge on any atom is 0.194 e. The van der Waals surface area contributed by atoms with Crippen LogP contribution in [0.1, 0.15) is 6.04 Å². The molecule has 7 nitrogen and oxygen atoms in total. The summed E-state index contributed by atoms with van der Waals surface area (Å²) in [5, 5.41) is 39.7. The highest BCUT2D eigenvalue weighted by atomic mass is 35.5. The van der Waals surface area contributed by atoms with Crippen LogP contribution in [0.3, 0.4) is 0 Å². The van der Waals surface area contributed by atoms with Crippen LogP contribution in [0.25, 0.3) is 11.3 Å². The molecule has 2 aromatic carbocycles. The van der Waals surface area contributed by atoms with Gasteiger partial charge < -0.3 is 20.1 Å². The summed E-state index contributed by atoms with van der Waals surface area (Å²) in [7, 11) is 0. The maximum absolute atomic E-state index is 13.6. The normalized spacial score (nSPS) is 25.0. The largest absolute Gasteiger partial charge is 0.394 e. The Kier molecular flexibility index (Phi) is 7.65. The van der Waals surface area contributed by atoms with E-state index in [2.05, 4.69) is 10.3 Å². The number of aromatic nitrogens is 3. The van der Waals surface area contributed by atoms with Crippen LogP contribution in [0.4, 0.5) is 13.2 Å². The Bertz CT molecular complexity index is 1200. The summed E-state index contributed by atoms with van der Waals surface area (Å²) in [5.74, 6) is -4.45. The van der Waals surface area contributed by atoms with Gasteiger partial charge in [-0.15, -0.1) is 5.10 Å². The third-order valence-electron chi connectivity index (χ3n) is 5.16. The van der Waals surface area contributed by atoms with E-state index < -0.39 is 53.8 Å². The summed E-state index contributed by atoms with van der Waals surface area (Å²) in [6.45, 7) is -0.591. The molecule has 1 fully saturated rings. The number of halogens is 6. The first-order chi connectivity index (χ1) is 16.1. The Morgan fingerprint density at radius 3 is 2.26 bits per heavy atom. The van der Waals surface area contributed by atoms with Gasteiger partial charge in [-0.1, -0.05) is 51.8 Å². The Morgan fingerprint density at radius 1 is 0.971 bits per heavy atom. The van der Waals surface area contributed by atoms with E-state index in [1.165, 1.54) is 18.3 Å². The molecular weight excluding hydrogens is 542 g/mol. The molecule has 4 rings (SSSR count). The minimum absolute atomic E-state index is 0.0408. The van der Waals surface area contributed by atoms with Gasteiger partial charge in [0.15, 0.2) is 17.5 Å². The lowest BCUT2D eigenvalue weighted by Crippen LogP contribution is -2.55. The molecule has 2 unspecified atom stereocenters. The van der Waals surface area contributed by atoms with Crippen molar-refractivity contribution in [1.82, 2.24) is 15.0 Å². The summed E-state index contributed by atoms with van der Waals surface area (Å²) < 4.78 is 47.3. The van der Waals surface area contributed by atoms with E-state index in [0.717, 1.165) is 28.6 Å². The fourth-order valence-corrected chi connectivity index (χ4v) is 5.31. The molecule has 1 aliphatic heterocycles. The number of benzene rings is 2. The lowest BCUT2D eigenvalue weighted by molar-refractivity contribution is -0.178. The zero-order valence-electron chi connectivity index (χ0n) is 16.7. The second-order valence-corrected chi connectivity index (χ2v) is 9.71. The van der Waals surface area contributed by atoms with Crippen LogP contribution in [-0.4, -0.2) is 60.7 Å². The van der Waals surface area contributed by atoms with Gasteiger partial charge in [0.2, 0.25) is 0 Å². The van der Waals surface area contributed by atoms with E-state index >= 15 is 0 Å². The lowest BCUT2D eigenvalue weighted by Gasteiger charge is -2.41. The Labute approximate surface area is 210 Å². The number of hydrogen-bond acceptors (Lipinski definition) is 7. The molecule has 0 aliphatic carbocycles. The number of nitrogens with zero attached hydrogens (tertiary/aromatic N) is 3. The van der Waals surface area contributed by atoms with Crippen molar-refractivity contribution < 1.29 is 33.2 Å². The fraction of sp³-hybridized carbons (Fsp3) is 0.300. The molecule has 1 saturated heterocycles. The van der Waals surface area contributed by atoms with Gasteiger partial charge in [-0.2, -0.15) is 0 Å². The van der Waals surface area contributed by atoms with Gasteiger partial charge in [0.25, 0.3) is 0 Å². The van der Waals surface area contributed by atoms with Gasteiger partial charge in [-0.25, -0.2) is 17.9 Å². The van der Waals surface area contributed by atoms with Crippen molar-refractivity contribution in [3.05, 3.63) is 63.0 Å². The van der Waals surface area contributed by atoms with E-state index in [4.69, 9.17) is 39.5 Å². The van der Waals surface area contributed by atoms with Gasteiger partial charge in [0.1, 0.15) is 35.5 Å². The van der Waals surface area contributed by atoms with Crippen LogP contribution >= 0.6 is 46.6 Å². The summed E-state index contributed by atoms with van der Waals surface area (Å²) >= 11 is 19.2. The van der Waals surface area contributed by atoms with Crippen molar-refractivity contribution in [2.75, 3.05) is 6.61 Å². The van der Waals surface area contributed by atoms with Crippen molar-refractivity contribution in [3.8, 4) is 11.3 Å². The molecule has 14 heteroatoms. The third-order valence-corrected chi connectivity index (χ3v) is 7.52. The van der Waals surface area contributed by atoms with Crippen molar-refractivity contribution in [2.45, 2.75) is 34.7 Å². The molecule has 0 saturated carbocycles. The van der Waals surface area contributed by atoms with E-state index in [-0.39, 0.29) is 26.3 Å². The molecule has 1 aromatic heterocycles. The van der Waals surface area contributed by atoms with Crippen LogP contribution in [0.5, 0.6) is 0 Å². The van der Waals surface area contributed by atoms with Crippen molar-refractivity contribution in [1.29, 1.82) is 0 Å². The highest BCUT2D eigenvalue weighted by molar-refractivity contribution is 8.00. The summed E-state index contributed by atoms with van der Waals surface area (Å²) in [6.07, 6.45) is -2.75. The van der Waals surface area contributed by atoms with E-state index in [9.17, 15) is 28.5 Å². The predicted molar refractivity (Wildman–Crippen MR) is 119 cm³/mol. The number of aliphatic hydroxyl groups excluding tert-OH is 3. The first kappa shape index (κ1) is 25.5. The van der Waals surface area contributed by atoms with Crippen LogP contribution in [0, 0.1) is 17.5 Å². The number of thioether (sulfide) groups is 1. The standard InChI is InChI=1S/C20H15Cl3F3N3O4S/c21-8-3-10(23)15(4-9(8)22)34-20-19(32)17(18(31)14(6-30)33-20)29-5-13(27-28-29)7-1-11(24)16(26)12(25)2-7/h1-5,14,17-20,30-32H,6H2/t14?,17?,18-,19-,20+/m0/s1. The monoisotopic (exact) mass is 555 g/mol. The molecule has 3 N–H and O–H groups in total. The smallest absolute Gasteiger partial charge is 0.194 e. The molecule has 5 atom stereocenters.